The molecule has 5 heteroatoms. The van der Waals surface area contributed by atoms with Gasteiger partial charge in [-0.05, 0) is 24.6 Å². The maximum Gasteiger partial charge on any atom is 0.222 e. The van der Waals surface area contributed by atoms with Crippen LogP contribution in [0.2, 0.25) is 0 Å². The van der Waals surface area contributed by atoms with Crippen LogP contribution in [0.25, 0.3) is 11.3 Å². The molecule has 0 amide bonds. The van der Waals surface area contributed by atoms with Crippen LogP contribution in [0.4, 0.5) is 10.3 Å². The molecule has 0 radical (unpaired) electrons. The molecule has 0 aliphatic carbocycles. The summed E-state index contributed by atoms with van der Waals surface area (Å²) >= 11 is 0. The Morgan fingerprint density at radius 1 is 1.38 bits per heavy atom. The molecule has 4 nitrogen and oxygen atoms in total. The van der Waals surface area contributed by atoms with Gasteiger partial charge in [-0.25, -0.2) is 4.39 Å². The van der Waals surface area contributed by atoms with Crippen LogP contribution in [0, 0.1) is 12.7 Å². The molecule has 2 aromatic rings. The highest BCUT2D eigenvalue weighted by molar-refractivity contribution is 5.69. The van der Waals surface area contributed by atoms with Crippen molar-refractivity contribution in [2.24, 2.45) is 0 Å². The number of anilines is 1. The van der Waals surface area contributed by atoms with Crippen molar-refractivity contribution in [3.63, 3.8) is 0 Å². The van der Waals surface area contributed by atoms with Gasteiger partial charge in [-0.1, -0.05) is 5.16 Å². The van der Waals surface area contributed by atoms with Crippen LogP contribution in [-0.4, -0.2) is 12.3 Å². The number of halogens is 1. The number of benzene rings is 1. The van der Waals surface area contributed by atoms with Crippen molar-refractivity contribution in [1.82, 2.24) is 5.16 Å². The lowest BCUT2D eigenvalue weighted by atomic mass is 10.1. The van der Waals surface area contributed by atoms with Crippen LogP contribution >= 0.6 is 0 Å². The molecule has 1 aromatic carbocycles. The maximum absolute atomic E-state index is 13.6. The monoisotopic (exact) mass is 222 g/mol. The van der Waals surface area contributed by atoms with Crippen LogP contribution in [0.5, 0.6) is 5.75 Å². The summed E-state index contributed by atoms with van der Waals surface area (Å²) in [7, 11) is 1.40. The predicted octanol–water partition coefficient (Wildman–Crippen LogP) is 2.38. The second kappa shape index (κ2) is 3.84. The molecule has 0 saturated carbocycles. The largest absolute Gasteiger partial charge is 0.493 e. The summed E-state index contributed by atoms with van der Waals surface area (Å²) in [6.45, 7) is 1.79. The number of nitrogens with zero attached hydrogens (tertiary/aromatic N) is 1. The number of aryl methyl sites for hydroxylation is 1. The Morgan fingerprint density at radius 2 is 2.12 bits per heavy atom. The zero-order chi connectivity index (χ0) is 11.7. The number of methoxy groups -OCH3 is 1. The molecule has 2 N–H and O–H groups in total. The highest BCUT2D eigenvalue weighted by Gasteiger charge is 2.15. The van der Waals surface area contributed by atoms with Crippen molar-refractivity contribution < 1.29 is 13.7 Å². The van der Waals surface area contributed by atoms with Crippen LogP contribution in [-0.2, 0) is 0 Å². The van der Waals surface area contributed by atoms with Crippen LogP contribution in [0.3, 0.4) is 0 Å². The average Bonchev–Trinajstić information content (AvgIpc) is 2.63. The fourth-order valence-corrected chi connectivity index (χ4v) is 1.54. The standard InChI is InChI=1S/C11H11FN2O2/c1-6-3-7(9-5-10(13)16-14-9)11(15-2)8(12)4-6/h3-5H,13H2,1-2H3. The van der Waals surface area contributed by atoms with Crippen molar-refractivity contribution in [2.45, 2.75) is 6.92 Å². The Labute approximate surface area is 91.8 Å². The van der Waals surface area contributed by atoms with Gasteiger partial charge in [0.05, 0.1) is 7.11 Å². The van der Waals surface area contributed by atoms with Crippen molar-refractivity contribution >= 4 is 5.88 Å². The van der Waals surface area contributed by atoms with Gasteiger partial charge in [0.15, 0.2) is 11.6 Å². The van der Waals surface area contributed by atoms with E-state index in [0.717, 1.165) is 5.56 Å². The molecule has 0 saturated heterocycles. The molecule has 0 bridgehead atoms. The molecular weight excluding hydrogens is 211 g/mol. The van der Waals surface area contributed by atoms with Crippen molar-refractivity contribution in [3.05, 3.63) is 29.6 Å². The third-order valence-corrected chi connectivity index (χ3v) is 2.20. The molecule has 0 aliphatic heterocycles. The summed E-state index contributed by atoms with van der Waals surface area (Å²) in [6.07, 6.45) is 0. The zero-order valence-corrected chi connectivity index (χ0v) is 8.95. The lowest BCUT2D eigenvalue weighted by Crippen LogP contribution is -1.93. The smallest absolute Gasteiger partial charge is 0.222 e. The quantitative estimate of drug-likeness (QED) is 0.847. The molecule has 1 heterocycles. The molecule has 0 aliphatic rings. The van der Waals surface area contributed by atoms with Gasteiger partial charge in [0.1, 0.15) is 5.69 Å². The maximum atomic E-state index is 13.6. The second-order valence-electron chi connectivity index (χ2n) is 3.44. The minimum Gasteiger partial charge on any atom is -0.493 e. The highest BCUT2D eigenvalue weighted by atomic mass is 19.1. The number of hydrogen-bond acceptors (Lipinski definition) is 4. The van der Waals surface area contributed by atoms with E-state index in [1.807, 2.05) is 0 Å². The van der Waals surface area contributed by atoms with E-state index < -0.39 is 5.82 Å². The van der Waals surface area contributed by atoms with E-state index in [-0.39, 0.29) is 11.6 Å². The lowest BCUT2D eigenvalue weighted by molar-refractivity contribution is 0.387. The first-order valence-corrected chi connectivity index (χ1v) is 4.68. The Bertz CT molecular complexity index is 523. The van der Waals surface area contributed by atoms with Crippen molar-refractivity contribution in [1.29, 1.82) is 0 Å². The Kier molecular flexibility index (Phi) is 2.52. The van der Waals surface area contributed by atoms with Crippen LogP contribution in [0.15, 0.2) is 22.7 Å². The van der Waals surface area contributed by atoms with E-state index in [1.165, 1.54) is 19.2 Å². The van der Waals surface area contributed by atoms with Gasteiger partial charge >= 0.3 is 0 Å². The topological polar surface area (TPSA) is 61.3 Å². The summed E-state index contributed by atoms with van der Waals surface area (Å²) in [5.74, 6) is -0.114. The Morgan fingerprint density at radius 3 is 2.69 bits per heavy atom. The number of rotatable bonds is 2. The third-order valence-electron chi connectivity index (χ3n) is 2.20. The summed E-state index contributed by atoms with van der Waals surface area (Å²) in [5.41, 5.74) is 7.18. The predicted molar refractivity (Wildman–Crippen MR) is 57.6 cm³/mol. The van der Waals surface area contributed by atoms with Crippen molar-refractivity contribution in [3.8, 4) is 17.0 Å². The van der Waals surface area contributed by atoms with E-state index in [1.54, 1.807) is 13.0 Å². The summed E-state index contributed by atoms with van der Waals surface area (Å²) < 4.78 is 23.3. The summed E-state index contributed by atoms with van der Waals surface area (Å²) in [6, 6.07) is 4.68. The number of hydrogen-bond donors (Lipinski definition) is 1. The van der Waals surface area contributed by atoms with E-state index in [4.69, 9.17) is 15.0 Å². The van der Waals surface area contributed by atoms with Crippen LogP contribution in [0.1, 0.15) is 5.56 Å². The van der Waals surface area contributed by atoms with E-state index in [2.05, 4.69) is 5.16 Å². The first kappa shape index (κ1) is 10.5. The number of aromatic nitrogens is 1. The summed E-state index contributed by atoms with van der Waals surface area (Å²) in [4.78, 5) is 0. The highest BCUT2D eigenvalue weighted by Crippen LogP contribution is 2.33. The SMILES string of the molecule is COc1c(F)cc(C)cc1-c1cc(N)on1. The molecule has 0 fully saturated rings. The normalized spacial score (nSPS) is 10.4. The van der Waals surface area contributed by atoms with E-state index >= 15 is 0 Å². The Balaban J connectivity index is 2.63. The molecule has 2 rings (SSSR count). The zero-order valence-electron chi connectivity index (χ0n) is 8.95. The minimum absolute atomic E-state index is 0.138. The number of ether oxygens (including phenoxy) is 1. The molecular formula is C11H11FN2O2. The summed E-state index contributed by atoms with van der Waals surface area (Å²) in [5, 5.41) is 3.73. The van der Waals surface area contributed by atoms with Gasteiger partial charge < -0.3 is 15.0 Å². The van der Waals surface area contributed by atoms with Crippen LogP contribution < -0.4 is 10.5 Å². The lowest BCUT2D eigenvalue weighted by Gasteiger charge is -2.08. The van der Waals surface area contributed by atoms with E-state index in [9.17, 15) is 4.39 Å². The molecule has 0 spiro atoms. The molecule has 0 atom stereocenters. The van der Waals surface area contributed by atoms with Gasteiger partial charge in [-0.2, -0.15) is 0 Å². The van der Waals surface area contributed by atoms with Gasteiger partial charge in [0.25, 0.3) is 0 Å². The number of nitrogens with two attached hydrogens (primary N) is 1. The molecule has 1 aromatic heterocycles. The molecule has 84 valence electrons. The first-order valence-electron chi connectivity index (χ1n) is 4.68. The Hall–Kier alpha value is -2.04. The fourth-order valence-electron chi connectivity index (χ4n) is 1.54. The van der Waals surface area contributed by atoms with Gasteiger partial charge in [0.2, 0.25) is 5.88 Å². The van der Waals surface area contributed by atoms with Crippen molar-refractivity contribution in [2.75, 3.05) is 12.8 Å². The second-order valence-corrected chi connectivity index (χ2v) is 3.44. The molecule has 0 unspecified atom stereocenters. The van der Waals surface area contributed by atoms with Gasteiger partial charge in [-0.15, -0.1) is 0 Å². The number of nitrogen functional groups attached to an aromatic ring is 1. The van der Waals surface area contributed by atoms with Gasteiger partial charge in [-0.3, -0.25) is 0 Å². The van der Waals surface area contributed by atoms with Gasteiger partial charge in [0, 0.05) is 11.6 Å². The molecule has 16 heavy (non-hydrogen) atoms. The minimum atomic E-state index is -0.431. The average molecular weight is 222 g/mol. The first-order chi connectivity index (χ1) is 7.61. The fraction of sp³-hybridized carbons (Fsp3) is 0.182. The third kappa shape index (κ3) is 1.71. The van der Waals surface area contributed by atoms with E-state index in [0.29, 0.717) is 11.3 Å².